The van der Waals surface area contributed by atoms with Crippen LogP contribution in [0, 0.1) is 0 Å². The number of anilines is 1. The number of nitrogens with zero attached hydrogens (tertiary/aromatic N) is 2. The molecule has 0 spiro atoms. The van der Waals surface area contributed by atoms with Crippen molar-refractivity contribution in [1.29, 1.82) is 0 Å². The van der Waals surface area contributed by atoms with E-state index >= 15 is 0 Å². The Bertz CT molecular complexity index is 471. The van der Waals surface area contributed by atoms with Gasteiger partial charge in [0.25, 0.3) is 0 Å². The minimum atomic E-state index is -1.16. The van der Waals surface area contributed by atoms with Crippen molar-refractivity contribution in [2.24, 2.45) is 0 Å². The fraction of sp³-hybridized carbons (Fsp3) is 0.643. The van der Waals surface area contributed by atoms with Crippen molar-refractivity contribution in [2.45, 2.75) is 51.9 Å². The largest absolute Gasteiger partial charge is 0.464 e. The fourth-order valence-corrected chi connectivity index (χ4v) is 2.02. The highest BCUT2D eigenvalue weighted by molar-refractivity contribution is 5.75. The van der Waals surface area contributed by atoms with Crippen molar-refractivity contribution in [3.8, 4) is 0 Å². The molecule has 1 rings (SSSR count). The molecule has 0 aromatic carbocycles. The van der Waals surface area contributed by atoms with Gasteiger partial charge in [0.2, 0.25) is 11.9 Å². The number of carbonyl (C=O) groups is 2. The number of nitrogen functional groups attached to an aromatic ring is 1. The maximum absolute atomic E-state index is 11.6. The summed E-state index contributed by atoms with van der Waals surface area (Å²) in [5.41, 5.74) is 6.06. The summed E-state index contributed by atoms with van der Waals surface area (Å²) in [7, 11) is 0. The maximum atomic E-state index is 11.6. The molecule has 1 aromatic heterocycles. The predicted octanol–water partition coefficient (Wildman–Crippen LogP) is 2.01. The first-order valence-electron chi connectivity index (χ1n) is 7.38. The van der Waals surface area contributed by atoms with Gasteiger partial charge in [-0.2, -0.15) is 0 Å². The van der Waals surface area contributed by atoms with Crippen LogP contribution in [0.15, 0.2) is 6.20 Å². The highest BCUT2D eigenvalue weighted by Crippen LogP contribution is 2.08. The van der Waals surface area contributed by atoms with Crippen molar-refractivity contribution < 1.29 is 14.7 Å². The van der Waals surface area contributed by atoms with Crippen LogP contribution in [0.1, 0.15) is 51.1 Å². The first kappa shape index (κ1) is 17.0. The molecule has 1 aromatic rings. The lowest BCUT2D eigenvalue weighted by molar-refractivity contribution is -0.121. The van der Waals surface area contributed by atoms with Crippen molar-refractivity contribution in [2.75, 3.05) is 12.3 Å². The van der Waals surface area contributed by atoms with E-state index in [2.05, 4.69) is 17.2 Å². The van der Waals surface area contributed by atoms with Crippen LogP contribution in [-0.2, 0) is 11.2 Å². The summed E-state index contributed by atoms with van der Waals surface area (Å²) in [6, 6.07) is 0. The molecule has 1 heterocycles. The zero-order valence-corrected chi connectivity index (χ0v) is 12.5. The topological polar surface area (TPSA) is 110 Å². The Balaban J connectivity index is 2.19. The summed E-state index contributed by atoms with van der Waals surface area (Å²) in [6.45, 7) is 2.87. The van der Waals surface area contributed by atoms with Gasteiger partial charge >= 0.3 is 6.09 Å². The second-order valence-corrected chi connectivity index (χ2v) is 5.01. The van der Waals surface area contributed by atoms with Gasteiger partial charge in [0.15, 0.2) is 0 Å². The van der Waals surface area contributed by atoms with E-state index in [0.29, 0.717) is 25.0 Å². The van der Waals surface area contributed by atoms with E-state index in [1.165, 1.54) is 19.0 Å². The van der Waals surface area contributed by atoms with Crippen LogP contribution >= 0.6 is 0 Å². The summed E-state index contributed by atoms with van der Waals surface area (Å²) in [5.74, 6) is -0.0185. The van der Waals surface area contributed by atoms with Gasteiger partial charge in [-0.05, 0) is 19.3 Å². The summed E-state index contributed by atoms with van der Waals surface area (Å²) in [4.78, 5) is 26.3. The molecule has 7 nitrogen and oxygen atoms in total. The van der Waals surface area contributed by atoms with Gasteiger partial charge in [-0.15, -0.1) is 0 Å². The molecule has 21 heavy (non-hydrogen) atoms. The summed E-state index contributed by atoms with van der Waals surface area (Å²) < 4.78 is 0.878. The molecule has 0 unspecified atom stereocenters. The van der Waals surface area contributed by atoms with Crippen molar-refractivity contribution in [1.82, 2.24) is 14.9 Å². The second kappa shape index (κ2) is 8.99. The van der Waals surface area contributed by atoms with E-state index in [-0.39, 0.29) is 11.9 Å². The molecular weight excluding hydrogens is 272 g/mol. The van der Waals surface area contributed by atoms with Crippen LogP contribution in [0.2, 0.25) is 0 Å². The lowest BCUT2D eigenvalue weighted by atomic mass is 10.2. The number of rotatable bonds is 9. The van der Waals surface area contributed by atoms with Gasteiger partial charge in [-0.3, -0.25) is 4.79 Å². The Kier molecular flexibility index (Phi) is 7.28. The molecule has 0 saturated heterocycles. The molecule has 7 heteroatoms. The number of aromatic nitrogens is 2. The monoisotopic (exact) mass is 296 g/mol. The number of aryl methyl sites for hydroxylation is 1. The van der Waals surface area contributed by atoms with E-state index in [1.807, 2.05) is 0 Å². The van der Waals surface area contributed by atoms with E-state index in [9.17, 15) is 9.59 Å². The molecule has 0 aliphatic carbocycles. The van der Waals surface area contributed by atoms with Crippen LogP contribution in [0.25, 0.3) is 0 Å². The standard InChI is InChI=1S/C14H24N4O3/c1-2-3-4-5-9-16-12(19)8-6-7-11-10-18(14(20)21)13(15)17-11/h10H,2-9H2,1H3,(H2,15,17)(H,16,19)(H,20,21). The number of hydrogen-bond donors (Lipinski definition) is 3. The summed E-state index contributed by atoms with van der Waals surface area (Å²) in [6.07, 6.45) is 6.33. The number of imidazole rings is 1. The molecule has 4 N–H and O–H groups in total. The highest BCUT2D eigenvalue weighted by Gasteiger charge is 2.10. The van der Waals surface area contributed by atoms with E-state index in [4.69, 9.17) is 10.8 Å². The lowest BCUT2D eigenvalue weighted by Gasteiger charge is -2.04. The third-order valence-electron chi connectivity index (χ3n) is 3.18. The van der Waals surface area contributed by atoms with E-state index in [0.717, 1.165) is 24.0 Å². The fourth-order valence-electron chi connectivity index (χ4n) is 2.02. The Morgan fingerprint density at radius 1 is 1.33 bits per heavy atom. The van der Waals surface area contributed by atoms with Crippen molar-refractivity contribution >= 4 is 17.9 Å². The van der Waals surface area contributed by atoms with Gasteiger partial charge in [-0.25, -0.2) is 14.3 Å². The molecule has 0 bridgehead atoms. The number of carbonyl (C=O) groups excluding carboxylic acids is 1. The van der Waals surface area contributed by atoms with Crippen LogP contribution in [0.4, 0.5) is 10.7 Å². The Hall–Kier alpha value is -2.05. The van der Waals surface area contributed by atoms with Crippen molar-refractivity contribution in [3.63, 3.8) is 0 Å². The van der Waals surface area contributed by atoms with Crippen LogP contribution in [0.3, 0.4) is 0 Å². The zero-order valence-electron chi connectivity index (χ0n) is 12.5. The molecule has 118 valence electrons. The molecule has 0 saturated carbocycles. The minimum absolute atomic E-state index is 0.0251. The summed E-state index contributed by atoms with van der Waals surface area (Å²) in [5, 5.41) is 11.7. The molecule has 0 aliphatic heterocycles. The molecule has 0 atom stereocenters. The molecule has 0 fully saturated rings. The Morgan fingerprint density at radius 3 is 2.71 bits per heavy atom. The van der Waals surface area contributed by atoms with E-state index < -0.39 is 6.09 Å². The Morgan fingerprint density at radius 2 is 2.10 bits per heavy atom. The van der Waals surface area contributed by atoms with Crippen molar-refractivity contribution in [3.05, 3.63) is 11.9 Å². The number of unbranched alkanes of at least 4 members (excludes halogenated alkanes) is 3. The quantitative estimate of drug-likeness (QED) is 0.604. The number of carboxylic acid groups (broad SMARTS) is 1. The SMILES string of the molecule is CCCCCCNC(=O)CCCc1cn(C(=O)O)c(N)n1. The molecule has 1 amide bonds. The third kappa shape index (κ3) is 6.29. The molecular formula is C14H24N4O3. The number of nitrogens with two attached hydrogens (primary N) is 1. The predicted molar refractivity (Wildman–Crippen MR) is 80.2 cm³/mol. The number of amides is 1. The smallest absolute Gasteiger partial charge is 0.418 e. The van der Waals surface area contributed by atoms with Crippen LogP contribution in [-0.4, -0.2) is 33.2 Å². The van der Waals surface area contributed by atoms with Gasteiger partial charge in [0, 0.05) is 19.2 Å². The zero-order chi connectivity index (χ0) is 15.7. The van der Waals surface area contributed by atoms with Gasteiger partial charge in [-0.1, -0.05) is 26.2 Å². The first-order valence-corrected chi connectivity index (χ1v) is 7.38. The second-order valence-electron chi connectivity index (χ2n) is 5.01. The molecule has 0 radical (unpaired) electrons. The first-order chi connectivity index (χ1) is 10.0. The van der Waals surface area contributed by atoms with Crippen LogP contribution < -0.4 is 11.1 Å². The van der Waals surface area contributed by atoms with E-state index in [1.54, 1.807) is 0 Å². The summed E-state index contributed by atoms with van der Waals surface area (Å²) >= 11 is 0. The molecule has 0 aliphatic rings. The normalized spacial score (nSPS) is 10.5. The highest BCUT2D eigenvalue weighted by atomic mass is 16.4. The Labute approximate surface area is 124 Å². The van der Waals surface area contributed by atoms with Gasteiger partial charge in [0.05, 0.1) is 5.69 Å². The average molecular weight is 296 g/mol. The van der Waals surface area contributed by atoms with Gasteiger partial charge < -0.3 is 16.2 Å². The third-order valence-corrected chi connectivity index (χ3v) is 3.18. The van der Waals surface area contributed by atoms with Crippen LogP contribution in [0.5, 0.6) is 0 Å². The van der Waals surface area contributed by atoms with Gasteiger partial charge in [0.1, 0.15) is 0 Å². The average Bonchev–Trinajstić information content (AvgIpc) is 2.80. The number of hydrogen-bond acceptors (Lipinski definition) is 4. The minimum Gasteiger partial charge on any atom is -0.464 e. The maximum Gasteiger partial charge on any atom is 0.418 e. The number of nitrogens with one attached hydrogen (secondary N) is 1. The lowest BCUT2D eigenvalue weighted by Crippen LogP contribution is -2.24.